The minimum Gasteiger partial charge on any atom is -0.435 e. The van der Waals surface area contributed by atoms with Crippen molar-refractivity contribution in [3.8, 4) is 5.75 Å². The second-order valence-corrected chi connectivity index (χ2v) is 4.77. The van der Waals surface area contributed by atoms with Crippen LogP contribution in [0, 0.1) is 0 Å². The summed E-state index contributed by atoms with van der Waals surface area (Å²) in [6.45, 7) is -0.368. The molecule has 1 aliphatic rings. The number of alkyl halides is 2. The van der Waals surface area contributed by atoms with E-state index >= 15 is 0 Å². The van der Waals surface area contributed by atoms with Crippen LogP contribution in [-0.4, -0.2) is 55.4 Å². The Morgan fingerprint density at radius 3 is 2.82 bits per heavy atom. The summed E-state index contributed by atoms with van der Waals surface area (Å²) in [5.41, 5.74) is 6.30. The molecule has 0 aliphatic carbocycles. The average molecular weight is 315 g/mol. The third-order valence-corrected chi connectivity index (χ3v) is 3.23. The molecule has 0 bridgehead atoms. The highest BCUT2D eigenvalue weighted by Gasteiger charge is 2.14. The predicted octanol–water partition coefficient (Wildman–Crippen LogP) is 0.968. The van der Waals surface area contributed by atoms with E-state index in [1.165, 1.54) is 18.2 Å². The molecule has 0 saturated carbocycles. The molecule has 1 heterocycles. The molecule has 1 aromatic carbocycles. The molecule has 0 radical (unpaired) electrons. The minimum atomic E-state index is -2.90. The number of halogens is 2. The normalized spacial score (nSPS) is 17.6. The smallest absolute Gasteiger partial charge is 0.387 e. The number of rotatable bonds is 5. The summed E-state index contributed by atoms with van der Waals surface area (Å²) in [6, 6.07) is 5.90. The molecular weight excluding hydrogens is 296 g/mol. The molecule has 2 rings (SSSR count). The van der Waals surface area contributed by atoms with Crippen LogP contribution in [0.1, 0.15) is 11.7 Å². The average Bonchev–Trinajstić information content (AvgIpc) is 2.52. The predicted molar refractivity (Wildman–Crippen MR) is 76.9 cm³/mol. The summed E-state index contributed by atoms with van der Waals surface area (Å²) in [4.78, 5) is 6.01. The summed E-state index contributed by atoms with van der Waals surface area (Å²) in [5.74, 6) is 0.332. The van der Waals surface area contributed by atoms with Gasteiger partial charge in [-0.2, -0.15) is 8.78 Å². The number of aliphatic imine (C=N–C) groups is 1. The number of ether oxygens (including phenoxy) is 2. The second kappa shape index (κ2) is 7.90. The maximum Gasteiger partial charge on any atom is 0.387 e. The van der Waals surface area contributed by atoms with Crippen molar-refractivity contribution in [2.45, 2.75) is 12.7 Å². The molecule has 1 unspecified atom stereocenters. The Labute approximate surface area is 127 Å². The molecule has 122 valence electrons. The fourth-order valence-corrected chi connectivity index (χ4v) is 2.08. The molecule has 8 heteroatoms. The van der Waals surface area contributed by atoms with Gasteiger partial charge in [-0.05, 0) is 17.7 Å². The lowest BCUT2D eigenvalue weighted by atomic mass is 10.1. The monoisotopic (exact) mass is 315 g/mol. The maximum atomic E-state index is 12.2. The molecule has 6 nitrogen and oxygen atoms in total. The summed E-state index contributed by atoms with van der Waals surface area (Å²) >= 11 is 0. The van der Waals surface area contributed by atoms with Gasteiger partial charge in [0.15, 0.2) is 5.96 Å². The van der Waals surface area contributed by atoms with E-state index in [4.69, 9.17) is 10.5 Å². The van der Waals surface area contributed by atoms with Crippen molar-refractivity contribution in [3.63, 3.8) is 0 Å². The summed E-state index contributed by atoms with van der Waals surface area (Å²) in [6.07, 6.45) is -0.944. The van der Waals surface area contributed by atoms with Gasteiger partial charge in [-0.15, -0.1) is 0 Å². The molecule has 1 saturated heterocycles. The third-order valence-electron chi connectivity index (χ3n) is 3.23. The zero-order valence-electron chi connectivity index (χ0n) is 12.0. The Kier molecular flexibility index (Phi) is 5.91. The van der Waals surface area contributed by atoms with E-state index in [1.54, 1.807) is 6.07 Å². The Bertz CT molecular complexity index is 508. The van der Waals surface area contributed by atoms with Crippen LogP contribution in [0.2, 0.25) is 0 Å². The van der Waals surface area contributed by atoms with Gasteiger partial charge in [0, 0.05) is 13.1 Å². The maximum absolute atomic E-state index is 12.2. The number of aliphatic hydroxyl groups is 1. The van der Waals surface area contributed by atoms with E-state index < -0.39 is 12.7 Å². The quantitative estimate of drug-likeness (QED) is 0.625. The van der Waals surface area contributed by atoms with Crippen LogP contribution in [0.5, 0.6) is 5.75 Å². The van der Waals surface area contributed by atoms with Gasteiger partial charge in [0.1, 0.15) is 5.75 Å². The molecule has 0 aromatic heterocycles. The lowest BCUT2D eigenvalue weighted by Gasteiger charge is -2.27. The van der Waals surface area contributed by atoms with E-state index in [9.17, 15) is 13.9 Å². The molecule has 3 N–H and O–H groups in total. The molecule has 1 atom stereocenters. The first-order valence-corrected chi connectivity index (χ1v) is 6.91. The first-order chi connectivity index (χ1) is 10.6. The standard InChI is InChI=1S/C14H19F2N3O3/c15-13(16)22-11-3-1-2-10(8-11)12(20)9-18-14(17)19-4-6-21-7-5-19/h1-3,8,12-13,20H,4-7,9H2,(H2,17,18). The van der Waals surface area contributed by atoms with E-state index in [0.717, 1.165) is 0 Å². The number of hydrogen-bond donors (Lipinski definition) is 2. The van der Waals surface area contributed by atoms with Gasteiger partial charge in [-0.25, -0.2) is 0 Å². The molecule has 0 spiro atoms. The van der Waals surface area contributed by atoms with Crippen molar-refractivity contribution in [1.82, 2.24) is 4.90 Å². The molecule has 22 heavy (non-hydrogen) atoms. The van der Waals surface area contributed by atoms with Crippen molar-refractivity contribution in [3.05, 3.63) is 29.8 Å². The topological polar surface area (TPSA) is 80.3 Å². The third kappa shape index (κ3) is 4.81. The van der Waals surface area contributed by atoms with E-state index in [2.05, 4.69) is 9.73 Å². The lowest BCUT2D eigenvalue weighted by molar-refractivity contribution is -0.0499. The minimum absolute atomic E-state index is 0.00307. The zero-order chi connectivity index (χ0) is 15.9. The molecule has 0 amide bonds. The fraction of sp³-hybridized carbons (Fsp3) is 0.500. The number of morpholine rings is 1. The Morgan fingerprint density at radius 1 is 1.41 bits per heavy atom. The lowest BCUT2D eigenvalue weighted by Crippen LogP contribution is -2.45. The first kappa shape index (κ1) is 16.4. The van der Waals surface area contributed by atoms with Crippen LogP contribution >= 0.6 is 0 Å². The van der Waals surface area contributed by atoms with Crippen LogP contribution in [0.3, 0.4) is 0 Å². The van der Waals surface area contributed by atoms with Crippen molar-refractivity contribution < 1.29 is 23.4 Å². The van der Waals surface area contributed by atoms with Crippen LogP contribution < -0.4 is 10.5 Å². The van der Waals surface area contributed by atoms with Gasteiger partial charge in [-0.3, -0.25) is 4.99 Å². The Balaban J connectivity index is 1.94. The summed E-state index contributed by atoms with van der Waals surface area (Å²) < 4.78 is 33.9. The second-order valence-electron chi connectivity index (χ2n) is 4.77. The zero-order valence-corrected chi connectivity index (χ0v) is 12.0. The van der Waals surface area contributed by atoms with Gasteiger partial charge in [0.05, 0.1) is 25.9 Å². The summed E-state index contributed by atoms with van der Waals surface area (Å²) in [5, 5.41) is 10.1. The van der Waals surface area contributed by atoms with Crippen molar-refractivity contribution in [1.29, 1.82) is 0 Å². The van der Waals surface area contributed by atoms with Crippen molar-refractivity contribution >= 4 is 5.96 Å². The van der Waals surface area contributed by atoms with E-state index in [-0.39, 0.29) is 12.3 Å². The van der Waals surface area contributed by atoms with Crippen LogP contribution in [0.15, 0.2) is 29.3 Å². The van der Waals surface area contributed by atoms with Crippen LogP contribution in [0.4, 0.5) is 8.78 Å². The van der Waals surface area contributed by atoms with E-state index in [0.29, 0.717) is 37.8 Å². The molecule has 1 aromatic rings. The number of guanidine groups is 1. The highest BCUT2D eigenvalue weighted by atomic mass is 19.3. The van der Waals surface area contributed by atoms with Gasteiger partial charge in [0.2, 0.25) is 0 Å². The highest BCUT2D eigenvalue weighted by Crippen LogP contribution is 2.21. The number of nitrogens with zero attached hydrogens (tertiary/aromatic N) is 2. The molecule has 1 aliphatic heterocycles. The Morgan fingerprint density at radius 2 is 2.14 bits per heavy atom. The van der Waals surface area contributed by atoms with E-state index in [1.807, 2.05) is 4.90 Å². The van der Waals surface area contributed by atoms with Gasteiger partial charge < -0.3 is 25.2 Å². The number of nitrogens with two attached hydrogens (primary N) is 1. The largest absolute Gasteiger partial charge is 0.435 e. The number of hydrogen-bond acceptors (Lipinski definition) is 4. The van der Waals surface area contributed by atoms with Gasteiger partial charge in [-0.1, -0.05) is 12.1 Å². The first-order valence-electron chi connectivity index (χ1n) is 6.91. The SMILES string of the molecule is NC(=NCC(O)c1cccc(OC(F)F)c1)N1CCOCC1. The number of benzene rings is 1. The fourth-order valence-electron chi connectivity index (χ4n) is 2.08. The van der Waals surface area contributed by atoms with Crippen LogP contribution in [-0.2, 0) is 4.74 Å². The van der Waals surface area contributed by atoms with Crippen molar-refractivity contribution in [2.75, 3.05) is 32.8 Å². The van der Waals surface area contributed by atoms with Crippen molar-refractivity contribution in [2.24, 2.45) is 10.7 Å². The molecule has 1 fully saturated rings. The highest BCUT2D eigenvalue weighted by molar-refractivity contribution is 5.78. The summed E-state index contributed by atoms with van der Waals surface area (Å²) in [7, 11) is 0. The number of aliphatic hydroxyl groups excluding tert-OH is 1. The van der Waals surface area contributed by atoms with Crippen LogP contribution in [0.25, 0.3) is 0 Å². The van der Waals surface area contributed by atoms with Gasteiger partial charge in [0.25, 0.3) is 0 Å². The van der Waals surface area contributed by atoms with Gasteiger partial charge >= 0.3 is 6.61 Å². The molecular formula is C14H19F2N3O3. The Hall–Kier alpha value is -1.93.